The first kappa shape index (κ1) is 30.4. The normalized spacial score (nSPS) is 19.8. The molecule has 0 bridgehead atoms. The second-order valence-corrected chi connectivity index (χ2v) is 11.7. The van der Waals surface area contributed by atoms with Crippen LogP contribution in [0.2, 0.25) is 0 Å². The minimum absolute atomic E-state index is 0.127. The molecule has 2 aromatic rings. The average Bonchev–Trinajstić information content (AvgIpc) is 2.96. The van der Waals surface area contributed by atoms with Crippen molar-refractivity contribution in [3.63, 3.8) is 0 Å². The van der Waals surface area contributed by atoms with Gasteiger partial charge in [0.05, 0.1) is 5.41 Å². The summed E-state index contributed by atoms with van der Waals surface area (Å²) in [5.41, 5.74) is 2.63. The molecule has 0 unspecified atom stereocenters. The molecule has 4 nitrogen and oxygen atoms in total. The van der Waals surface area contributed by atoms with Crippen molar-refractivity contribution >= 4 is 11.6 Å². The van der Waals surface area contributed by atoms with Crippen molar-refractivity contribution in [3.05, 3.63) is 54.1 Å². The fourth-order valence-corrected chi connectivity index (χ4v) is 6.38. The third kappa shape index (κ3) is 7.02. The van der Waals surface area contributed by atoms with Crippen LogP contribution in [-0.2, 0) is 0 Å². The van der Waals surface area contributed by atoms with E-state index in [1.54, 1.807) is 0 Å². The van der Waals surface area contributed by atoms with Gasteiger partial charge in [0, 0.05) is 44.5 Å². The number of carbonyl (C=O) groups is 1. The number of nitrogens with zero attached hydrogens (tertiary/aromatic N) is 3. The average molecular weight is 558 g/mol. The van der Waals surface area contributed by atoms with E-state index in [9.17, 15) is 18.0 Å². The number of anilines is 1. The maximum atomic E-state index is 13.6. The van der Waals surface area contributed by atoms with Crippen molar-refractivity contribution in [1.29, 1.82) is 0 Å². The van der Waals surface area contributed by atoms with Crippen LogP contribution in [0.5, 0.6) is 0 Å². The molecule has 2 saturated heterocycles. The minimum atomic E-state index is -4.08. The predicted molar refractivity (Wildman–Crippen MR) is 158 cm³/mol. The van der Waals surface area contributed by atoms with Crippen LogP contribution in [0.15, 0.2) is 48.5 Å². The van der Waals surface area contributed by atoms with Crippen molar-refractivity contribution in [3.8, 4) is 11.1 Å². The van der Waals surface area contributed by atoms with Crippen LogP contribution in [0.3, 0.4) is 0 Å². The van der Waals surface area contributed by atoms with Gasteiger partial charge < -0.3 is 14.7 Å². The summed E-state index contributed by atoms with van der Waals surface area (Å²) < 4.78 is 40.7. The van der Waals surface area contributed by atoms with Crippen LogP contribution in [0, 0.1) is 11.3 Å². The van der Waals surface area contributed by atoms with Crippen molar-refractivity contribution in [2.45, 2.75) is 71.4 Å². The lowest BCUT2D eigenvalue weighted by atomic mass is 9.67. The van der Waals surface area contributed by atoms with Gasteiger partial charge in [-0.2, -0.15) is 13.2 Å². The molecule has 40 heavy (non-hydrogen) atoms. The Morgan fingerprint density at radius 1 is 0.850 bits per heavy atom. The van der Waals surface area contributed by atoms with Crippen LogP contribution in [0.4, 0.5) is 18.9 Å². The molecule has 0 radical (unpaired) electrons. The van der Waals surface area contributed by atoms with Gasteiger partial charge in [-0.3, -0.25) is 4.79 Å². The van der Waals surface area contributed by atoms with Gasteiger partial charge in [-0.1, -0.05) is 44.5 Å². The second kappa shape index (κ2) is 13.4. The molecule has 1 saturated carbocycles. The number of piperidine rings is 2. The molecule has 0 aromatic heterocycles. The number of amides is 1. The molecule has 7 heteroatoms. The third-order valence-corrected chi connectivity index (χ3v) is 9.09. The smallest absolute Gasteiger partial charge is 0.374 e. The van der Waals surface area contributed by atoms with E-state index in [1.165, 1.54) is 6.42 Å². The monoisotopic (exact) mass is 557 g/mol. The van der Waals surface area contributed by atoms with Crippen LogP contribution in [0.25, 0.3) is 11.1 Å². The summed E-state index contributed by atoms with van der Waals surface area (Å²) in [6.07, 6.45) is 2.46. The van der Waals surface area contributed by atoms with Crippen molar-refractivity contribution < 1.29 is 18.0 Å². The van der Waals surface area contributed by atoms with Crippen LogP contribution < -0.4 is 4.90 Å². The fraction of sp³-hybridized carbons (Fsp3) is 0.606. The van der Waals surface area contributed by atoms with E-state index in [0.717, 1.165) is 80.8 Å². The van der Waals surface area contributed by atoms with Crippen LogP contribution in [-0.4, -0.2) is 68.2 Å². The Hall–Kier alpha value is -2.54. The van der Waals surface area contributed by atoms with E-state index in [0.29, 0.717) is 12.3 Å². The summed E-state index contributed by atoms with van der Waals surface area (Å²) in [5.74, 6) is 0.617. The molecule has 5 rings (SSSR count). The summed E-state index contributed by atoms with van der Waals surface area (Å²) in [6, 6.07) is 16.4. The zero-order chi connectivity index (χ0) is 28.8. The summed E-state index contributed by atoms with van der Waals surface area (Å²) in [6.45, 7) is 8.30. The number of rotatable bonds is 7. The van der Waals surface area contributed by atoms with Crippen molar-refractivity contribution in [2.75, 3.05) is 51.2 Å². The summed E-state index contributed by atoms with van der Waals surface area (Å²) in [4.78, 5) is 19.0. The Kier molecular flexibility index (Phi) is 10.2. The van der Waals surface area contributed by atoms with Gasteiger partial charge in [-0.15, -0.1) is 0 Å². The molecule has 0 N–H and O–H groups in total. The van der Waals surface area contributed by atoms with E-state index >= 15 is 0 Å². The molecule has 0 spiro atoms. The standard InChI is InChI=1S/C31H40F3N3O.C2H6/c1-35(22-24-14-20-36(21-15-24)23-30(16-5-17-30)31(32,33)34)28-12-10-26(11-13-28)25-6-8-27(9-7-25)29(38)37-18-3-2-4-19-37;1-2/h6-13,24H,2-5,14-23H2,1H3;1-2H3. The maximum absolute atomic E-state index is 13.6. The molecule has 220 valence electrons. The molecule has 1 amide bonds. The number of halogens is 3. The molecular formula is C33H46F3N3O. The Morgan fingerprint density at radius 2 is 1.40 bits per heavy atom. The topological polar surface area (TPSA) is 26.8 Å². The molecule has 3 fully saturated rings. The highest BCUT2D eigenvalue weighted by Gasteiger charge is 2.58. The lowest BCUT2D eigenvalue weighted by Crippen LogP contribution is -2.53. The summed E-state index contributed by atoms with van der Waals surface area (Å²) in [5, 5.41) is 0. The minimum Gasteiger partial charge on any atom is -0.374 e. The lowest BCUT2D eigenvalue weighted by molar-refractivity contribution is -0.256. The zero-order valence-electron chi connectivity index (χ0n) is 24.5. The quantitative estimate of drug-likeness (QED) is 0.346. The first-order valence-electron chi connectivity index (χ1n) is 15.2. The third-order valence-electron chi connectivity index (χ3n) is 9.09. The van der Waals surface area contributed by atoms with E-state index < -0.39 is 11.6 Å². The summed E-state index contributed by atoms with van der Waals surface area (Å²) in [7, 11) is 2.09. The zero-order valence-corrected chi connectivity index (χ0v) is 24.5. The van der Waals surface area contributed by atoms with Crippen molar-refractivity contribution in [2.24, 2.45) is 11.3 Å². The molecule has 3 aliphatic rings. The Morgan fingerprint density at radius 3 is 1.90 bits per heavy atom. The number of hydrogen-bond donors (Lipinski definition) is 0. The number of benzene rings is 2. The first-order valence-corrected chi connectivity index (χ1v) is 15.2. The Labute approximate surface area is 238 Å². The number of carbonyl (C=O) groups excluding carboxylic acids is 1. The highest BCUT2D eigenvalue weighted by atomic mass is 19.4. The highest BCUT2D eigenvalue weighted by Crippen LogP contribution is 2.53. The molecular weight excluding hydrogens is 511 g/mol. The highest BCUT2D eigenvalue weighted by molar-refractivity contribution is 5.94. The Bertz CT molecular complexity index is 1070. The second-order valence-electron chi connectivity index (χ2n) is 11.7. The molecule has 2 heterocycles. The van der Waals surface area contributed by atoms with Crippen LogP contribution in [0.1, 0.15) is 75.6 Å². The predicted octanol–water partition coefficient (Wildman–Crippen LogP) is 7.89. The van der Waals surface area contributed by atoms with Gasteiger partial charge in [0.25, 0.3) is 5.91 Å². The van der Waals surface area contributed by atoms with Gasteiger partial charge in [0.15, 0.2) is 0 Å². The van der Waals surface area contributed by atoms with E-state index in [4.69, 9.17) is 0 Å². The Balaban J connectivity index is 0.00000181. The maximum Gasteiger partial charge on any atom is 0.395 e. The number of alkyl halides is 3. The van der Waals surface area contributed by atoms with E-state index in [2.05, 4.69) is 36.2 Å². The fourth-order valence-electron chi connectivity index (χ4n) is 6.38. The lowest BCUT2D eigenvalue weighted by Gasteiger charge is -2.47. The first-order chi connectivity index (χ1) is 19.2. The molecule has 2 aromatic carbocycles. The molecule has 2 aliphatic heterocycles. The van der Waals surface area contributed by atoms with Gasteiger partial charge in [0.1, 0.15) is 0 Å². The van der Waals surface area contributed by atoms with Gasteiger partial charge in [-0.25, -0.2) is 0 Å². The SMILES string of the molecule is CC.CN(CC1CCN(CC2(C(F)(F)F)CCC2)CC1)c1ccc(-c2ccc(C(=O)N3CCCCC3)cc2)cc1. The summed E-state index contributed by atoms with van der Waals surface area (Å²) >= 11 is 0. The van der Waals surface area contributed by atoms with E-state index in [1.807, 2.05) is 47.9 Å². The molecule has 0 atom stereocenters. The molecule has 1 aliphatic carbocycles. The van der Waals surface area contributed by atoms with Crippen LogP contribution >= 0.6 is 0 Å². The van der Waals surface area contributed by atoms with Gasteiger partial charge >= 0.3 is 6.18 Å². The largest absolute Gasteiger partial charge is 0.395 e. The number of hydrogen-bond acceptors (Lipinski definition) is 3. The van der Waals surface area contributed by atoms with Crippen molar-refractivity contribution in [1.82, 2.24) is 9.80 Å². The van der Waals surface area contributed by atoms with Gasteiger partial charge in [-0.05, 0) is 99.3 Å². The van der Waals surface area contributed by atoms with Gasteiger partial charge in [0.2, 0.25) is 0 Å². The van der Waals surface area contributed by atoms with E-state index in [-0.39, 0.29) is 25.3 Å². The number of likely N-dealkylation sites (tertiary alicyclic amines) is 2.